The molecule has 2 aromatic rings. The van der Waals surface area contributed by atoms with Gasteiger partial charge in [0.1, 0.15) is 5.82 Å². The van der Waals surface area contributed by atoms with Crippen LogP contribution in [0.3, 0.4) is 0 Å². The van der Waals surface area contributed by atoms with Crippen LogP contribution in [0, 0.1) is 6.92 Å². The Bertz CT molecular complexity index is 693. The first-order valence-electron chi connectivity index (χ1n) is 6.92. The highest BCUT2D eigenvalue weighted by atomic mass is 16.5. The van der Waals surface area contributed by atoms with Crippen LogP contribution in [-0.4, -0.2) is 34.3 Å². The Hall–Kier alpha value is -2.37. The zero-order valence-electron chi connectivity index (χ0n) is 12.5. The summed E-state index contributed by atoms with van der Waals surface area (Å²) >= 11 is 0. The molecule has 110 valence electrons. The van der Waals surface area contributed by atoms with Gasteiger partial charge in [0.2, 0.25) is 11.8 Å². The first-order chi connectivity index (χ1) is 10.1. The molecule has 0 saturated carbocycles. The van der Waals surface area contributed by atoms with E-state index in [1.54, 1.807) is 16.7 Å². The molecule has 2 aromatic heterocycles. The zero-order valence-corrected chi connectivity index (χ0v) is 12.5. The van der Waals surface area contributed by atoms with Gasteiger partial charge in [-0.15, -0.1) is 0 Å². The van der Waals surface area contributed by atoms with Gasteiger partial charge in [0, 0.05) is 31.4 Å². The topological polar surface area (TPSA) is 60.2 Å². The lowest BCUT2D eigenvalue weighted by molar-refractivity contribution is -0.117. The Morgan fingerprint density at radius 2 is 2.24 bits per heavy atom. The predicted octanol–water partition coefficient (Wildman–Crippen LogP) is 1.26. The lowest BCUT2D eigenvalue weighted by Gasteiger charge is -2.16. The number of carbonyl (C=O) groups is 1. The summed E-state index contributed by atoms with van der Waals surface area (Å²) < 4.78 is 6.88. The fourth-order valence-corrected chi connectivity index (χ4v) is 2.66. The third-order valence-electron chi connectivity index (χ3n) is 3.76. The third kappa shape index (κ3) is 2.49. The minimum absolute atomic E-state index is 0.0469. The van der Waals surface area contributed by atoms with Crippen molar-refractivity contribution in [3.05, 3.63) is 35.2 Å². The van der Waals surface area contributed by atoms with Crippen LogP contribution in [0.2, 0.25) is 0 Å². The van der Waals surface area contributed by atoms with Crippen molar-refractivity contribution in [1.82, 2.24) is 14.8 Å². The van der Waals surface area contributed by atoms with Crippen molar-refractivity contribution in [3.8, 4) is 5.88 Å². The molecule has 0 unspecified atom stereocenters. The number of methoxy groups -OCH3 is 1. The van der Waals surface area contributed by atoms with Crippen molar-refractivity contribution in [1.29, 1.82) is 0 Å². The molecule has 0 radical (unpaired) electrons. The molecule has 1 aliphatic rings. The molecule has 0 N–H and O–H groups in total. The standard InChI is InChI=1S/C15H18N4O2/c1-10-12(9-18(2)17-10)8-14(20)19-7-6-11-4-5-13(21-3)16-15(11)19/h4-5,9H,6-8H2,1-3H3. The van der Waals surface area contributed by atoms with E-state index < -0.39 is 0 Å². The van der Waals surface area contributed by atoms with Gasteiger partial charge in [0.15, 0.2) is 0 Å². The smallest absolute Gasteiger partial charge is 0.232 e. The second kappa shape index (κ2) is 5.20. The summed E-state index contributed by atoms with van der Waals surface area (Å²) in [5.41, 5.74) is 2.94. The molecule has 0 atom stereocenters. The molecule has 0 saturated heterocycles. The average molecular weight is 286 g/mol. The molecular formula is C15H18N4O2. The number of amides is 1. The molecule has 1 amide bonds. The molecule has 0 aliphatic carbocycles. The number of aryl methyl sites for hydroxylation is 2. The fraction of sp³-hybridized carbons (Fsp3) is 0.400. The van der Waals surface area contributed by atoms with Gasteiger partial charge in [-0.25, -0.2) is 0 Å². The van der Waals surface area contributed by atoms with Crippen molar-refractivity contribution in [2.24, 2.45) is 7.05 Å². The summed E-state index contributed by atoms with van der Waals surface area (Å²) in [4.78, 5) is 18.7. The molecule has 0 aromatic carbocycles. The third-order valence-corrected chi connectivity index (χ3v) is 3.76. The monoisotopic (exact) mass is 286 g/mol. The first kappa shape index (κ1) is 13.6. The largest absolute Gasteiger partial charge is 0.481 e. The number of pyridine rings is 1. The summed E-state index contributed by atoms with van der Waals surface area (Å²) in [7, 11) is 3.44. The minimum Gasteiger partial charge on any atom is -0.481 e. The van der Waals surface area contributed by atoms with E-state index in [0.717, 1.165) is 29.1 Å². The maximum Gasteiger partial charge on any atom is 0.232 e. The van der Waals surface area contributed by atoms with Crippen molar-refractivity contribution >= 4 is 11.7 Å². The van der Waals surface area contributed by atoms with Gasteiger partial charge in [-0.05, 0) is 25.0 Å². The molecule has 6 nitrogen and oxygen atoms in total. The van der Waals surface area contributed by atoms with E-state index in [9.17, 15) is 4.79 Å². The maximum atomic E-state index is 12.5. The van der Waals surface area contributed by atoms with Gasteiger partial charge in [0.25, 0.3) is 0 Å². The van der Waals surface area contributed by atoms with Crippen LogP contribution in [0.1, 0.15) is 16.8 Å². The van der Waals surface area contributed by atoms with Gasteiger partial charge >= 0.3 is 0 Å². The average Bonchev–Trinajstić information content (AvgIpc) is 3.01. The van der Waals surface area contributed by atoms with Crippen molar-refractivity contribution < 1.29 is 9.53 Å². The van der Waals surface area contributed by atoms with Crippen LogP contribution in [0.25, 0.3) is 0 Å². The van der Waals surface area contributed by atoms with Crippen LogP contribution < -0.4 is 9.64 Å². The Morgan fingerprint density at radius 3 is 2.90 bits per heavy atom. The SMILES string of the molecule is COc1ccc2c(n1)N(C(=O)Cc1cn(C)nc1C)CC2. The molecule has 6 heteroatoms. The van der Waals surface area contributed by atoms with E-state index in [-0.39, 0.29) is 5.91 Å². The summed E-state index contributed by atoms with van der Waals surface area (Å²) in [6, 6.07) is 3.81. The maximum absolute atomic E-state index is 12.5. The number of anilines is 1. The number of ether oxygens (including phenoxy) is 1. The van der Waals surface area contributed by atoms with E-state index >= 15 is 0 Å². The molecule has 3 heterocycles. The van der Waals surface area contributed by atoms with E-state index in [4.69, 9.17) is 4.74 Å². The minimum atomic E-state index is 0.0469. The first-order valence-corrected chi connectivity index (χ1v) is 6.92. The summed E-state index contributed by atoms with van der Waals surface area (Å²) in [5, 5.41) is 4.27. The van der Waals surface area contributed by atoms with E-state index in [0.29, 0.717) is 18.8 Å². The molecule has 21 heavy (non-hydrogen) atoms. The summed E-state index contributed by atoms with van der Waals surface area (Å²) in [6.07, 6.45) is 3.07. The Morgan fingerprint density at radius 1 is 1.43 bits per heavy atom. The van der Waals surface area contributed by atoms with Crippen LogP contribution in [0.5, 0.6) is 5.88 Å². The quantitative estimate of drug-likeness (QED) is 0.852. The molecule has 0 spiro atoms. The Kier molecular flexibility index (Phi) is 3.37. The predicted molar refractivity (Wildman–Crippen MR) is 78.5 cm³/mol. The van der Waals surface area contributed by atoms with Crippen LogP contribution >= 0.6 is 0 Å². The number of hydrogen-bond acceptors (Lipinski definition) is 4. The molecule has 3 rings (SSSR count). The van der Waals surface area contributed by atoms with E-state index in [1.807, 2.05) is 32.3 Å². The van der Waals surface area contributed by atoms with Crippen molar-refractivity contribution in [2.45, 2.75) is 19.8 Å². The number of hydrogen-bond donors (Lipinski definition) is 0. The number of aromatic nitrogens is 3. The number of nitrogens with zero attached hydrogens (tertiary/aromatic N) is 4. The Labute approximate surface area is 123 Å². The second-order valence-electron chi connectivity index (χ2n) is 5.22. The molecule has 0 bridgehead atoms. The summed E-state index contributed by atoms with van der Waals surface area (Å²) in [6.45, 7) is 2.59. The highest BCUT2D eigenvalue weighted by Gasteiger charge is 2.27. The van der Waals surface area contributed by atoms with Crippen molar-refractivity contribution in [3.63, 3.8) is 0 Å². The number of rotatable bonds is 3. The molecule has 0 fully saturated rings. The zero-order chi connectivity index (χ0) is 15.0. The van der Waals surface area contributed by atoms with Gasteiger partial charge in [0.05, 0.1) is 19.2 Å². The number of fused-ring (bicyclic) bond motifs is 1. The van der Waals surface area contributed by atoms with Gasteiger partial charge in [-0.1, -0.05) is 0 Å². The van der Waals surface area contributed by atoms with Gasteiger partial charge < -0.3 is 4.74 Å². The number of carbonyl (C=O) groups excluding carboxylic acids is 1. The normalized spacial score (nSPS) is 13.4. The van der Waals surface area contributed by atoms with Crippen LogP contribution in [0.4, 0.5) is 5.82 Å². The lowest BCUT2D eigenvalue weighted by Crippen LogP contribution is -2.31. The van der Waals surface area contributed by atoms with Crippen molar-refractivity contribution in [2.75, 3.05) is 18.6 Å². The van der Waals surface area contributed by atoms with E-state index in [1.165, 1.54) is 0 Å². The van der Waals surface area contributed by atoms with Gasteiger partial charge in [-0.3, -0.25) is 14.4 Å². The Balaban J connectivity index is 1.83. The molecular weight excluding hydrogens is 268 g/mol. The van der Waals surface area contributed by atoms with Crippen LogP contribution in [-0.2, 0) is 24.7 Å². The lowest BCUT2D eigenvalue weighted by atomic mass is 10.2. The van der Waals surface area contributed by atoms with Crippen LogP contribution in [0.15, 0.2) is 18.3 Å². The summed E-state index contributed by atoms with van der Waals surface area (Å²) in [5.74, 6) is 1.30. The highest BCUT2D eigenvalue weighted by molar-refractivity contribution is 5.95. The highest BCUT2D eigenvalue weighted by Crippen LogP contribution is 2.28. The van der Waals surface area contributed by atoms with E-state index in [2.05, 4.69) is 10.1 Å². The second-order valence-corrected chi connectivity index (χ2v) is 5.22. The van der Waals surface area contributed by atoms with Gasteiger partial charge in [-0.2, -0.15) is 10.1 Å². The molecule has 1 aliphatic heterocycles. The fourth-order valence-electron chi connectivity index (χ4n) is 2.66.